The molecule has 0 saturated heterocycles. The maximum Gasteiger partial charge on any atom is 0.240 e. The first kappa shape index (κ1) is 11.2. The zero-order valence-corrected chi connectivity index (χ0v) is 8.52. The molecular weight excluding hydrogens is 230 g/mol. The summed E-state index contributed by atoms with van der Waals surface area (Å²) in [5.41, 5.74) is 2.22. The van der Waals surface area contributed by atoms with Gasteiger partial charge >= 0.3 is 0 Å². The third kappa shape index (κ3) is 2.64. The molecule has 0 spiro atoms. The first-order chi connectivity index (χ1) is 8.19. The molecule has 0 amide bonds. The van der Waals surface area contributed by atoms with Crippen LogP contribution in [-0.4, -0.2) is 9.97 Å². The first-order valence-corrected chi connectivity index (χ1v) is 4.61. The molecule has 3 N–H and O–H groups in total. The van der Waals surface area contributed by atoms with Gasteiger partial charge in [0.05, 0.1) is 0 Å². The number of benzene rings is 1. The van der Waals surface area contributed by atoms with Gasteiger partial charge in [0.25, 0.3) is 0 Å². The van der Waals surface area contributed by atoms with Gasteiger partial charge in [-0.1, -0.05) is 0 Å². The molecule has 2 aromatic rings. The van der Waals surface area contributed by atoms with Crippen LogP contribution in [0.3, 0.4) is 0 Å². The van der Waals surface area contributed by atoms with Crippen LogP contribution in [0.25, 0.3) is 0 Å². The molecule has 1 heterocycles. The molecule has 0 bridgehead atoms. The molecule has 0 saturated carbocycles. The number of nitrogens with two attached hydrogens (primary N) is 1. The van der Waals surface area contributed by atoms with E-state index in [-0.39, 0.29) is 17.6 Å². The molecule has 0 unspecified atom stereocenters. The normalized spacial score (nSPS) is 10.1. The molecule has 1 aromatic heterocycles. The standard InChI is InChI=1S/C10H8F2N4O/c11-6-1-2-8(7(12)5-6)17-9-3-4-14-10(15-9)16-13/h1-5H,13H2,(H,14,15,16). The van der Waals surface area contributed by atoms with E-state index in [1.54, 1.807) is 0 Å². The molecule has 0 radical (unpaired) electrons. The first-order valence-electron chi connectivity index (χ1n) is 4.61. The minimum atomic E-state index is -0.814. The van der Waals surface area contributed by atoms with Crippen molar-refractivity contribution in [2.45, 2.75) is 0 Å². The molecule has 88 valence electrons. The average molecular weight is 238 g/mol. The Hall–Kier alpha value is -2.28. The summed E-state index contributed by atoms with van der Waals surface area (Å²) in [5, 5.41) is 0. The van der Waals surface area contributed by atoms with Crippen LogP contribution >= 0.6 is 0 Å². The van der Waals surface area contributed by atoms with Gasteiger partial charge in [-0.25, -0.2) is 19.6 Å². The summed E-state index contributed by atoms with van der Waals surface area (Å²) in [4.78, 5) is 7.58. The molecule has 1 aromatic carbocycles. The minimum absolute atomic E-state index is 0.0958. The van der Waals surface area contributed by atoms with Gasteiger partial charge < -0.3 is 4.74 Å². The maximum absolute atomic E-state index is 13.3. The van der Waals surface area contributed by atoms with Gasteiger partial charge in [0.2, 0.25) is 11.8 Å². The number of ether oxygens (including phenoxy) is 1. The van der Waals surface area contributed by atoms with E-state index in [4.69, 9.17) is 10.6 Å². The second-order valence-corrected chi connectivity index (χ2v) is 3.04. The van der Waals surface area contributed by atoms with Gasteiger partial charge in [-0.15, -0.1) is 0 Å². The van der Waals surface area contributed by atoms with Crippen LogP contribution in [0.5, 0.6) is 11.6 Å². The fraction of sp³-hybridized carbons (Fsp3) is 0. The van der Waals surface area contributed by atoms with Crippen molar-refractivity contribution >= 4 is 5.95 Å². The van der Waals surface area contributed by atoms with Crippen LogP contribution in [0.2, 0.25) is 0 Å². The molecular formula is C10H8F2N4O. The van der Waals surface area contributed by atoms with Crippen LogP contribution in [0.15, 0.2) is 30.5 Å². The van der Waals surface area contributed by atoms with E-state index in [1.807, 2.05) is 0 Å². The number of nitrogens with zero attached hydrogens (tertiary/aromatic N) is 2. The van der Waals surface area contributed by atoms with Crippen molar-refractivity contribution < 1.29 is 13.5 Å². The molecule has 17 heavy (non-hydrogen) atoms. The predicted octanol–water partition coefficient (Wildman–Crippen LogP) is 1.83. The average Bonchev–Trinajstić information content (AvgIpc) is 2.33. The van der Waals surface area contributed by atoms with Crippen molar-refractivity contribution in [3.8, 4) is 11.6 Å². The van der Waals surface area contributed by atoms with Gasteiger partial charge in [0, 0.05) is 18.3 Å². The van der Waals surface area contributed by atoms with E-state index in [0.29, 0.717) is 0 Å². The zero-order chi connectivity index (χ0) is 12.3. The molecule has 2 rings (SSSR count). The Morgan fingerprint density at radius 1 is 1.24 bits per heavy atom. The summed E-state index contributed by atoms with van der Waals surface area (Å²) in [6.45, 7) is 0. The topological polar surface area (TPSA) is 73.1 Å². The highest BCUT2D eigenvalue weighted by molar-refractivity contribution is 5.31. The van der Waals surface area contributed by atoms with Crippen LogP contribution in [-0.2, 0) is 0 Å². The number of anilines is 1. The van der Waals surface area contributed by atoms with E-state index in [0.717, 1.165) is 12.1 Å². The van der Waals surface area contributed by atoms with Gasteiger partial charge in [-0.2, -0.15) is 4.98 Å². The molecule has 0 aliphatic rings. The van der Waals surface area contributed by atoms with Crippen LogP contribution in [0.1, 0.15) is 0 Å². The fourth-order valence-electron chi connectivity index (χ4n) is 1.14. The third-order valence-electron chi connectivity index (χ3n) is 1.87. The highest BCUT2D eigenvalue weighted by atomic mass is 19.1. The number of aromatic nitrogens is 2. The minimum Gasteiger partial charge on any atom is -0.436 e. The molecule has 0 aliphatic carbocycles. The lowest BCUT2D eigenvalue weighted by atomic mass is 10.3. The number of halogens is 2. The number of nitrogen functional groups attached to an aromatic ring is 1. The Balaban J connectivity index is 2.25. The number of hydrazine groups is 1. The van der Waals surface area contributed by atoms with Crippen molar-refractivity contribution in [2.75, 3.05) is 5.43 Å². The van der Waals surface area contributed by atoms with Crippen molar-refractivity contribution in [3.63, 3.8) is 0 Å². The number of hydrogen-bond donors (Lipinski definition) is 2. The van der Waals surface area contributed by atoms with E-state index in [2.05, 4.69) is 15.4 Å². The SMILES string of the molecule is NNc1nccc(Oc2ccc(F)cc2F)n1. The summed E-state index contributed by atoms with van der Waals surface area (Å²) in [7, 11) is 0. The Bertz CT molecular complexity index is 535. The van der Waals surface area contributed by atoms with Crippen molar-refractivity contribution in [1.82, 2.24) is 9.97 Å². The van der Waals surface area contributed by atoms with Crippen molar-refractivity contribution in [1.29, 1.82) is 0 Å². The lowest BCUT2D eigenvalue weighted by molar-refractivity contribution is 0.423. The van der Waals surface area contributed by atoms with Crippen molar-refractivity contribution in [3.05, 3.63) is 42.1 Å². The van der Waals surface area contributed by atoms with Gasteiger partial charge in [0.1, 0.15) is 5.82 Å². The monoisotopic (exact) mass is 238 g/mol. The predicted molar refractivity (Wildman–Crippen MR) is 56.3 cm³/mol. The Kier molecular flexibility index (Phi) is 3.10. The van der Waals surface area contributed by atoms with E-state index in [1.165, 1.54) is 18.3 Å². The Morgan fingerprint density at radius 3 is 2.76 bits per heavy atom. The smallest absolute Gasteiger partial charge is 0.240 e. The molecule has 7 heteroatoms. The van der Waals surface area contributed by atoms with Crippen LogP contribution < -0.4 is 16.0 Å². The van der Waals surface area contributed by atoms with E-state index in [9.17, 15) is 8.78 Å². The van der Waals surface area contributed by atoms with Crippen molar-refractivity contribution in [2.24, 2.45) is 5.84 Å². The highest BCUT2D eigenvalue weighted by Crippen LogP contribution is 2.23. The van der Waals surface area contributed by atoms with Crippen LogP contribution in [0.4, 0.5) is 14.7 Å². The summed E-state index contributed by atoms with van der Waals surface area (Å²) >= 11 is 0. The van der Waals surface area contributed by atoms with Gasteiger partial charge in [0.15, 0.2) is 11.6 Å². The summed E-state index contributed by atoms with van der Waals surface area (Å²) in [6.07, 6.45) is 1.39. The molecule has 0 atom stereocenters. The second-order valence-electron chi connectivity index (χ2n) is 3.04. The summed E-state index contributed by atoms with van der Waals surface area (Å²) in [5.74, 6) is 3.71. The van der Waals surface area contributed by atoms with Gasteiger partial charge in [-0.05, 0) is 12.1 Å². The third-order valence-corrected chi connectivity index (χ3v) is 1.87. The number of hydrogen-bond acceptors (Lipinski definition) is 5. The largest absolute Gasteiger partial charge is 0.436 e. The van der Waals surface area contributed by atoms with Crippen LogP contribution in [0, 0.1) is 11.6 Å². The number of nitrogens with one attached hydrogen (secondary N) is 1. The maximum atomic E-state index is 13.3. The fourth-order valence-corrected chi connectivity index (χ4v) is 1.14. The Morgan fingerprint density at radius 2 is 2.06 bits per heavy atom. The second kappa shape index (κ2) is 4.71. The zero-order valence-electron chi connectivity index (χ0n) is 8.52. The van der Waals surface area contributed by atoms with Gasteiger partial charge in [-0.3, -0.25) is 5.43 Å². The summed E-state index contributed by atoms with van der Waals surface area (Å²) in [6, 6.07) is 4.40. The summed E-state index contributed by atoms with van der Waals surface area (Å²) < 4.78 is 31.0. The molecule has 0 aliphatic heterocycles. The lowest BCUT2D eigenvalue weighted by Crippen LogP contribution is -2.10. The molecule has 0 fully saturated rings. The van der Waals surface area contributed by atoms with E-state index < -0.39 is 11.6 Å². The van der Waals surface area contributed by atoms with E-state index >= 15 is 0 Å². The Labute approximate surface area is 95.2 Å². The quantitative estimate of drug-likeness (QED) is 0.630. The molecule has 5 nitrogen and oxygen atoms in total. The lowest BCUT2D eigenvalue weighted by Gasteiger charge is -2.06. The highest BCUT2D eigenvalue weighted by Gasteiger charge is 2.07. The number of rotatable bonds is 3.